The Morgan fingerprint density at radius 3 is 2.86 bits per heavy atom. The van der Waals surface area contributed by atoms with Crippen LogP contribution in [0.15, 0.2) is 18.3 Å². The number of nitrogens with one attached hydrogen (secondary N) is 1. The van der Waals surface area contributed by atoms with Crippen LogP contribution in [-0.4, -0.2) is 11.0 Å². The molecule has 1 N–H and O–H groups in total. The van der Waals surface area contributed by atoms with Crippen molar-refractivity contribution in [2.75, 3.05) is 5.32 Å². The molecule has 0 spiro atoms. The maximum Gasteiger partial charge on any atom is 0.126 e. The molecule has 0 aromatic carbocycles. The zero-order chi connectivity index (χ0) is 9.54. The van der Waals surface area contributed by atoms with Crippen LogP contribution >= 0.6 is 0 Å². The third-order valence-corrected chi connectivity index (χ3v) is 3.31. The van der Waals surface area contributed by atoms with Gasteiger partial charge in [0.2, 0.25) is 0 Å². The fourth-order valence-electron chi connectivity index (χ4n) is 2.17. The number of hydrogen-bond acceptors (Lipinski definition) is 2. The van der Waals surface area contributed by atoms with Gasteiger partial charge >= 0.3 is 0 Å². The predicted octanol–water partition coefficient (Wildman–Crippen LogP) is 2.60. The summed E-state index contributed by atoms with van der Waals surface area (Å²) in [6, 6.07) is 4.92. The van der Waals surface area contributed by atoms with Crippen molar-refractivity contribution >= 4 is 5.82 Å². The van der Waals surface area contributed by atoms with Crippen LogP contribution in [0.2, 0.25) is 0 Å². The molecule has 1 heterocycles. The summed E-state index contributed by atoms with van der Waals surface area (Å²) in [7, 11) is 0. The number of aromatic nitrogens is 1. The van der Waals surface area contributed by atoms with Gasteiger partial charge in [0.15, 0.2) is 0 Å². The van der Waals surface area contributed by atoms with Gasteiger partial charge in [0.05, 0.1) is 0 Å². The first-order valence-electron chi connectivity index (χ1n) is 5.52. The Morgan fingerprint density at radius 1 is 1.36 bits per heavy atom. The van der Waals surface area contributed by atoms with Gasteiger partial charge in [0.1, 0.15) is 5.82 Å². The van der Waals surface area contributed by atoms with Crippen LogP contribution in [0, 0.1) is 18.8 Å². The number of nitrogens with zero attached hydrogens (tertiary/aromatic N) is 1. The summed E-state index contributed by atoms with van der Waals surface area (Å²) in [5.74, 6) is 3.04. The molecule has 2 aliphatic carbocycles. The molecule has 2 unspecified atom stereocenters. The van der Waals surface area contributed by atoms with Crippen molar-refractivity contribution in [3.63, 3.8) is 0 Å². The minimum atomic E-state index is 0.720. The van der Waals surface area contributed by atoms with Gasteiger partial charge in [-0.3, -0.25) is 0 Å². The lowest BCUT2D eigenvalue weighted by atomic mass is 10.2. The normalized spacial score (nSPS) is 30.1. The van der Waals surface area contributed by atoms with Gasteiger partial charge in [-0.2, -0.15) is 0 Å². The molecular formula is C12H16N2. The second-order valence-corrected chi connectivity index (χ2v) is 4.71. The van der Waals surface area contributed by atoms with Gasteiger partial charge < -0.3 is 5.32 Å². The van der Waals surface area contributed by atoms with Crippen LogP contribution in [0.1, 0.15) is 24.8 Å². The summed E-state index contributed by atoms with van der Waals surface area (Å²) < 4.78 is 0. The van der Waals surface area contributed by atoms with Gasteiger partial charge in [0, 0.05) is 12.2 Å². The number of hydrogen-bond donors (Lipinski definition) is 1. The molecule has 0 bridgehead atoms. The second kappa shape index (κ2) is 2.97. The highest BCUT2D eigenvalue weighted by atomic mass is 15.0. The molecule has 2 nitrogen and oxygen atoms in total. The monoisotopic (exact) mass is 188 g/mol. The molecule has 2 heteroatoms. The lowest BCUT2D eigenvalue weighted by molar-refractivity contribution is 0.696. The molecule has 0 amide bonds. The standard InChI is InChI=1S/C12H16N2/c1-8-2-5-12(13-7-8)14-11-6-10(11)9-3-4-9/h2,5,7,9-11H,3-4,6H2,1H3,(H,13,14). The average Bonchev–Trinajstić information content (AvgIpc) is 2.99. The highest BCUT2D eigenvalue weighted by Gasteiger charge is 2.47. The smallest absolute Gasteiger partial charge is 0.126 e. The fourth-order valence-corrected chi connectivity index (χ4v) is 2.17. The Bertz CT molecular complexity index is 327. The molecule has 0 saturated heterocycles. The Hall–Kier alpha value is -1.05. The molecule has 0 radical (unpaired) electrons. The van der Waals surface area contributed by atoms with Crippen LogP contribution in [0.25, 0.3) is 0 Å². The minimum absolute atomic E-state index is 0.720. The van der Waals surface area contributed by atoms with E-state index >= 15 is 0 Å². The van der Waals surface area contributed by atoms with Crippen LogP contribution in [0.5, 0.6) is 0 Å². The lowest BCUT2D eigenvalue weighted by Crippen LogP contribution is -2.06. The molecule has 74 valence electrons. The van der Waals surface area contributed by atoms with Crippen LogP contribution in [0.3, 0.4) is 0 Å². The minimum Gasteiger partial charge on any atom is -0.367 e. The molecule has 2 fully saturated rings. The van der Waals surface area contributed by atoms with Gasteiger partial charge in [-0.25, -0.2) is 4.98 Å². The van der Waals surface area contributed by atoms with Gasteiger partial charge in [0.25, 0.3) is 0 Å². The molecular weight excluding hydrogens is 172 g/mol. The third kappa shape index (κ3) is 1.61. The zero-order valence-electron chi connectivity index (χ0n) is 8.53. The predicted molar refractivity (Wildman–Crippen MR) is 57.2 cm³/mol. The van der Waals surface area contributed by atoms with Crippen molar-refractivity contribution in [1.82, 2.24) is 4.98 Å². The Morgan fingerprint density at radius 2 is 2.21 bits per heavy atom. The van der Waals surface area contributed by atoms with E-state index < -0.39 is 0 Å². The Kier molecular flexibility index (Phi) is 1.76. The van der Waals surface area contributed by atoms with Crippen molar-refractivity contribution in [2.24, 2.45) is 11.8 Å². The van der Waals surface area contributed by atoms with Crippen molar-refractivity contribution in [3.05, 3.63) is 23.9 Å². The van der Waals surface area contributed by atoms with E-state index in [1.54, 1.807) is 0 Å². The molecule has 14 heavy (non-hydrogen) atoms. The summed E-state index contributed by atoms with van der Waals surface area (Å²) in [5.41, 5.74) is 1.23. The largest absolute Gasteiger partial charge is 0.367 e. The summed E-state index contributed by atoms with van der Waals surface area (Å²) in [4.78, 5) is 4.36. The lowest BCUT2D eigenvalue weighted by Gasteiger charge is -2.04. The number of aryl methyl sites for hydroxylation is 1. The van der Waals surface area contributed by atoms with E-state index in [1.165, 1.54) is 24.8 Å². The Balaban J connectivity index is 1.59. The zero-order valence-corrected chi connectivity index (χ0v) is 8.53. The number of rotatable bonds is 3. The second-order valence-electron chi connectivity index (χ2n) is 4.71. The topological polar surface area (TPSA) is 24.9 Å². The van der Waals surface area contributed by atoms with Crippen molar-refractivity contribution in [3.8, 4) is 0 Å². The first-order valence-corrected chi connectivity index (χ1v) is 5.52. The highest BCUT2D eigenvalue weighted by molar-refractivity contribution is 5.38. The van der Waals surface area contributed by atoms with Crippen LogP contribution in [-0.2, 0) is 0 Å². The first kappa shape index (κ1) is 8.27. The molecule has 0 aliphatic heterocycles. The summed E-state index contributed by atoms with van der Waals surface area (Å²) in [6.07, 6.45) is 6.21. The van der Waals surface area contributed by atoms with Crippen molar-refractivity contribution < 1.29 is 0 Å². The SMILES string of the molecule is Cc1ccc(NC2CC2C2CC2)nc1. The summed E-state index contributed by atoms with van der Waals surface area (Å²) >= 11 is 0. The number of anilines is 1. The Labute approximate surface area is 84.7 Å². The van der Waals surface area contributed by atoms with Gasteiger partial charge in [-0.1, -0.05) is 6.07 Å². The summed E-state index contributed by atoms with van der Waals surface area (Å²) in [6.45, 7) is 2.07. The maximum atomic E-state index is 4.36. The van der Waals surface area contributed by atoms with Gasteiger partial charge in [-0.15, -0.1) is 0 Å². The third-order valence-electron chi connectivity index (χ3n) is 3.31. The average molecular weight is 188 g/mol. The van der Waals surface area contributed by atoms with Crippen molar-refractivity contribution in [2.45, 2.75) is 32.2 Å². The molecule has 2 atom stereocenters. The molecule has 1 aromatic heterocycles. The first-order chi connectivity index (χ1) is 6.83. The highest BCUT2D eigenvalue weighted by Crippen LogP contribution is 2.50. The molecule has 2 saturated carbocycles. The van der Waals surface area contributed by atoms with E-state index in [0.717, 1.165) is 23.7 Å². The van der Waals surface area contributed by atoms with Gasteiger partial charge in [-0.05, 0) is 49.7 Å². The number of pyridine rings is 1. The van der Waals surface area contributed by atoms with E-state index in [1.807, 2.05) is 6.20 Å². The van der Waals surface area contributed by atoms with Crippen molar-refractivity contribution in [1.29, 1.82) is 0 Å². The van der Waals surface area contributed by atoms with Crippen LogP contribution in [0.4, 0.5) is 5.82 Å². The quantitative estimate of drug-likeness (QED) is 0.788. The summed E-state index contributed by atoms with van der Waals surface area (Å²) in [5, 5.41) is 3.50. The van der Waals surface area contributed by atoms with E-state index in [-0.39, 0.29) is 0 Å². The maximum absolute atomic E-state index is 4.36. The molecule has 1 aromatic rings. The van der Waals surface area contributed by atoms with E-state index in [4.69, 9.17) is 0 Å². The molecule has 3 rings (SSSR count). The van der Waals surface area contributed by atoms with E-state index in [2.05, 4.69) is 29.4 Å². The van der Waals surface area contributed by atoms with Crippen LogP contribution < -0.4 is 5.32 Å². The molecule has 2 aliphatic rings. The van der Waals surface area contributed by atoms with E-state index in [0.29, 0.717) is 0 Å². The fraction of sp³-hybridized carbons (Fsp3) is 0.583. The van der Waals surface area contributed by atoms with E-state index in [9.17, 15) is 0 Å².